The number of nitrogens with one attached hydrogen (secondary N) is 1. The fourth-order valence-corrected chi connectivity index (χ4v) is 6.08. The molecule has 0 bridgehead atoms. The van der Waals surface area contributed by atoms with Crippen LogP contribution in [0.3, 0.4) is 0 Å². The lowest BCUT2D eigenvalue weighted by atomic mass is 9.91. The van der Waals surface area contributed by atoms with Crippen LogP contribution < -0.4 is 5.32 Å². The third kappa shape index (κ3) is 5.55. The first kappa shape index (κ1) is 28.7. The van der Waals surface area contributed by atoms with Crippen molar-refractivity contribution in [2.75, 3.05) is 26.2 Å². The molecule has 3 heterocycles. The Labute approximate surface area is 236 Å². The van der Waals surface area contributed by atoms with Gasteiger partial charge >= 0.3 is 12.2 Å². The number of rotatable bonds is 6. The molecular formula is C30H33F3N4O4. The molecule has 0 saturated carbocycles. The summed E-state index contributed by atoms with van der Waals surface area (Å²) in [6.45, 7) is 6.32. The molecule has 5 rings (SSSR count). The highest BCUT2D eigenvalue weighted by Gasteiger charge is 2.49. The third-order valence-corrected chi connectivity index (χ3v) is 7.81. The maximum absolute atomic E-state index is 14.2. The summed E-state index contributed by atoms with van der Waals surface area (Å²) in [6, 6.07) is 11.4. The van der Waals surface area contributed by atoms with Crippen LogP contribution in [0, 0.1) is 0 Å². The lowest BCUT2D eigenvalue weighted by Gasteiger charge is -2.39. The summed E-state index contributed by atoms with van der Waals surface area (Å²) in [5.41, 5.74) is 0.0593. The van der Waals surface area contributed by atoms with Crippen LogP contribution in [0.4, 0.5) is 18.0 Å². The van der Waals surface area contributed by atoms with Crippen LogP contribution in [0.5, 0.6) is 0 Å². The predicted octanol–water partition coefficient (Wildman–Crippen LogP) is 4.14. The first-order chi connectivity index (χ1) is 19.5. The van der Waals surface area contributed by atoms with Gasteiger partial charge in [-0.25, -0.2) is 4.79 Å². The van der Waals surface area contributed by atoms with Crippen LogP contribution in [0.1, 0.15) is 43.5 Å². The summed E-state index contributed by atoms with van der Waals surface area (Å²) in [5.74, 6) is -0.831. The van der Waals surface area contributed by atoms with Gasteiger partial charge in [0.25, 0.3) is 5.91 Å². The predicted molar refractivity (Wildman–Crippen MR) is 144 cm³/mol. The minimum atomic E-state index is -4.69. The minimum absolute atomic E-state index is 0.0534. The summed E-state index contributed by atoms with van der Waals surface area (Å²) in [4.78, 5) is 45.9. The summed E-state index contributed by atoms with van der Waals surface area (Å²) in [6.07, 6.45) is -4.87. The van der Waals surface area contributed by atoms with E-state index in [9.17, 15) is 27.6 Å². The second-order valence-corrected chi connectivity index (χ2v) is 10.7. The molecule has 4 amide bonds. The van der Waals surface area contributed by atoms with E-state index in [4.69, 9.17) is 4.74 Å². The first-order valence-corrected chi connectivity index (χ1v) is 13.8. The van der Waals surface area contributed by atoms with Crippen molar-refractivity contribution in [1.29, 1.82) is 0 Å². The van der Waals surface area contributed by atoms with E-state index in [0.29, 0.717) is 18.8 Å². The largest absolute Gasteiger partial charge is 0.416 e. The summed E-state index contributed by atoms with van der Waals surface area (Å²) in [5, 5.41) is 2.63. The molecular weight excluding hydrogens is 537 g/mol. The number of amides is 4. The molecule has 0 spiro atoms. The number of carbonyl (C=O) groups excluding carboxylic acids is 3. The highest BCUT2D eigenvalue weighted by atomic mass is 19.4. The molecule has 0 radical (unpaired) electrons. The molecule has 41 heavy (non-hydrogen) atoms. The van der Waals surface area contributed by atoms with Crippen molar-refractivity contribution in [1.82, 2.24) is 20.0 Å². The molecule has 2 aromatic rings. The van der Waals surface area contributed by atoms with E-state index >= 15 is 0 Å². The molecule has 2 aromatic carbocycles. The Hall–Kier alpha value is -3.86. The average Bonchev–Trinajstić information content (AvgIpc) is 3.27. The van der Waals surface area contributed by atoms with E-state index in [-0.39, 0.29) is 48.8 Å². The van der Waals surface area contributed by atoms with Gasteiger partial charge in [-0.1, -0.05) is 48.5 Å². The normalized spacial score (nSPS) is 24.0. The van der Waals surface area contributed by atoms with Gasteiger partial charge in [-0.15, -0.1) is 0 Å². The lowest BCUT2D eigenvalue weighted by molar-refractivity contribution is -0.151. The molecule has 4 atom stereocenters. The maximum atomic E-state index is 14.2. The van der Waals surface area contributed by atoms with Crippen molar-refractivity contribution in [3.8, 4) is 0 Å². The van der Waals surface area contributed by atoms with Crippen molar-refractivity contribution in [3.63, 3.8) is 0 Å². The van der Waals surface area contributed by atoms with Gasteiger partial charge in [-0.2, -0.15) is 13.2 Å². The number of benzene rings is 2. The number of alkyl halides is 3. The molecule has 218 valence electrons. The standard InChI is InChI=1S/C30H33F3N4O4/c1-4-36-24-17-37(23(14-20-10-6-5-7-11-20)27(38)35-15-18(2)41-19(3)16-35)28(39)25(24)26(34-29(36)40)21-12-8-9-13-22(21)30(31,32)33/h5-13,18-19,23,26H,4,14-17H2,1-3H3,(H,34,40). The highest BCUT2D eigenvalue weighted by Crippen LogP contribution is 2.42. The van der Waals surface area contributed by atoms with E-state index in [1.807, 2.05) is 44.2 Å². The maximum Gasteiger partial charge on any atom is 0.416 e. The molecule has 3 aliphatic heterocycles. The Kier molecular flexibility index (Phi) is 7.83. The van der Waals surface area contributed by atoms with Gasteiger partial charge in [-0.3, -0.25) is 14.5 Å². The van der Waals surface area contributed by atoms with Crippen LogP contribution in [0.2, 0.25) is 0 Å². The zero-order valence-electron chi connectivity index (χ0n) is 23.1. The van der Waals surface area contributed by atoms with E-state index < -0.39 is 35.8 Å². The number of hydrogen-bond donors (Lipinski definition) is 1. The number of urea groups is 1. The molecule has 0 aromatic heterocycles. The fourth-order valence-electron chi connectivity index (χ4n) is 6.08. The van der Waals surface area contributed by atoms with E-state index in [1.165, 1.54) is 28.0 Å². The minimum Gasteiger partial charge on any atom is -0.372 e. The third-order valence-electron chi connectivity index (χ3n) is 7.81. The number of ether oxygens (including phenoxy) is 1. The van der Waals surface area contributed by atoms with Gasteiger partial charge in [0.2, 0.25) is 5.91 Å². The van der Waals surface area contributed by atoms with Crippen molar-refractivity contribution in [2.24, 2.45) is 0 Å². The Morgan fingerprint density at radius 2 is 1.66 bits per heavy atom. The Bertz CT molecular complexity index is 1350. The molecule has 11 heteroatoms. The molecule has 1 fully saturated rings. The number of morpholine rings is 1. The molecule has 0 aliphatic carbocycles. The first-order valence-electron chi connectivity index (χ1n) is 13.8. The van der Waals surface area contributed by atoms with Crippen LogP contribution in [-0.2, 0) is 26.9 Å². The van der Waals surface area contributed by atoms with Crippen LogP contribution >= 0.6 is 0 Å². The van der Waals surface area contributed by atoms with Gasteiger partial charge in [0.05, 0.1) is 41.6 Å². The van der Waals surface area contributed by atoms with E-state index in [0.717, 1.165) is 11.6 Å². The topological polar surface area (TPSA) is 82.2 Å². The van der Waals surface area contributed by atoms with Crippen LogP contribution in [0.25, 0.3) is 0 Å². The number of likely N-dealkylation sites (N-methyl/N-ethyl adjacent to an activating group) is 1. The Morgan fingerprint density at radius 1 is 1.02 bits per heavy atom. The molecule has 4 unspecified atom stereocenters. The molecule has 1 saturated heterocycles. The van der Waals surface area contributed by atoms with Gasteiger partial charge in [-0.05, 0) is 38.0 Å². The number of carbonyl (C=O) groups is 3. The number of nitrogens with zero attached hydrogens (tertiary/aromatic N) is 3. The Balaban J connectivity index is 1.56. The van der Waals surface area contributed by atoms with E-state index in [2.05, 4.69) is 5.32 Å². The SMILES string of the molecule is CCN1C(=O)NC(c2ccccc2C(F)(F)F)C2=C1CN(C(Cc1ccccc1)C(=O)N1CC(C)OC(C)C1)C2=O. The van der Waals surface area contributed by atoms with Gasteiger partial charge < -0.3 is 19.9 Å². The highest BCUT2D eigenvalue weighted by molar-refractivity contribution is 6.03. The second-order valence-electron chi connectivity index (χ2n) is 10.7. The van der Waals surface area contributed by atoms with Crippen LogP contribution in [0.15, 0.2) is 65.9 Å². The van der Waals surface area contributed by atoms with Crippen molar-refractivity contribution in [2.45, 2.75) is 57.7 Å². The van der Waals surface area contributed by atoms with Gasteiger partial charge in [0.1, 0.15) is 6.04 Å². The molecule has 1 N–H and O–H groups in total. The molecule has 3 aliphatic rings. The zero-order chi connectivity index (χ0) is 29.5. The zero-order valence-corrected chi connectivity index (χ0v) is 23.1. The monoisotopic (exact) mass is 570 g/mol. The second kappa shape index (κ2) is 11.2. The smallest absolute Gasteiger partial charge is 0.372 e. The summed E-state index contributed by atoms with van der Waals surface area (Å²) >= 11 is 0. The molecule has 8 nitrogen and oxygen atoms in total. The van der Waals surface area contributed by atoms with Gasteiger partial charge in [0.15, 0.2) is 0 Å². The Morgan fingerprint density at radius 3 is 2.29 bits per heavy atom. The average molecular weight is 571 g/mol. The van der Waals surface area contributed by atoms with Crippen molar-refractivity contribution < 1.29 is 32.3 Å². The van der Waals surface area contributed by atoms with E-state index in [1.54, 1.807) is 11.8 Å². The van der Waals surface area contributed by atoms with Crippen molar-refractivity contribution >= 4 is 17.8 Å². The quantitative estimate of drug-likeness (QED) is 0.566. The summed E-state index contributed by atoms with van der Waals surface area (Å²) < 4.78 is 47.8. The lowest BCUT2D eigenvalue weighted by Crippen LogP contribution is -2.56. The van der Waals surface area contributed by atoms with Gasteiger partial charge in [0, 0.05) is 26.1 Å². The summed E-state index contributed by atoms with van der Waals surface area (Å²) in [7, 11) is 0. The van der Waals surface area contributed by atoms with Crippen LogP contribution in [-0.4, -0.2) is 77.0 Å². The number of hydrogen-bond acceptors (Lipinski definition) is 4. The number of halogens is 3. The fraction of sp³-hybridized carbons (Fsp3) is 0.433. The van der Waals surface area contributed by atoms with Crippen molar-refractivity contribution in [3.05, 3.63) is 82.6 Å².